The predicted octanol–water partition coefficient (Wildman–Crippen LogP) is 1.48. The molecule has 1 saturated heterocycles. The van der Waals surface area contributed by atoms with Crippen LogP contribution in [0.1, 0.15) is 38.3 Å². The lowest BCUT2D eigenvalue weighted by Gasteiger charge is -2.43. The summed E-state index contributed by atoms with van der Waals surface area (Å²) < 4.78 is 1.81. The Morgan fingerprint density at radius 3 is 2.76 bits per heavy atom. The van der Waals surface area contributed by atoms with Crippen LogP contribution < -0.4 is 10.9 Å². The molecule has 2 aliphatic rings. The highest BCUT2D eigenvalue weighted by Crippen LogP contribution is 2.34. The van der Waals surface area contributed by atoms with Gasteiger partial charge in [-0.05, 0) is 24.3 Å². The van der Waals surface area contributed by atoms with Crippen LogP contribution in [0, 0.1) is 11.8 Å². The number of aromatic nitrogens is 1. The molecule has 25 heavy (non-hydrogen) atoms. The number of urea groups is 1. The van der Waals surface area contributed by atoms with Crippen molar-refractivity contribution in [2.75, 3.05) is 13.1 Å². The van der Waals surface area contributed by atoms with Crippen LogP contribution in [0.5, 0.6) is 0 Å². The van der Waals surface area contributed by atoms with E-state index in [1.165, 1.54) is 0 Å². The zero-order chi connectivity index (χ0) is 18.1. The second-order valence-corrected chi connectivity index (χ2v) is 7.25. The molecule has 0 aliphatic carbocycles. The average Bonchev–Trinajstić information content (AvgIpc) is 2.59. The number of hydrogen-bond donors (Lipinski definition) is 2. The number of piperidine rings is 1. The van der Waals surface area contributed by atoms with Crippen LogP contribution in [0.2, 0.25) is 0 Å². The van der Waals surface area contributed by atoms with E-state index in [4.69, 9.17) is 0 Å². The molecule has 0 unspecified atom stereocenters. The van der Waals surface area contributed by atoms with Gasteiger partial charge >= 0.3 is 12.0 Å². The Morgan fingerprint density at radius 2 is 2.08 bits per heavy atom. The van der Waals surface area contributed by atoms with E-state index in [9.17, 15) is 19.5 Å². The Bertz CT molecular complexity index is 729. The van der Waals surface area contributed by atoms with Crippen LogP contribution in [-0.4, -0.2) is 45.7 Å². The minimum Gasteiger partial charge on any atom is -0.480 e. The molecule has 2 amide bonds. The largest absolute Gasteiger partial charge is 0.480 e. The Labute approximate surface area is 146 Å². The van der Waals surface area contributed by atoms with Crippen LogP contribution in [-0.2, 0) is 11.3 Å². The minimum atomic E-state index is -1.00. The number of carboxylic acids is 1. The molecule has 2 bridgehead atoms. The Hall–Kier alpha value is -2.31. The van der Waals surface area contributed by atoms with E-state index in [0.717, 1.165) is 12.1 Å². The third-order valence-electron chi connectivity index (χ3n) is 5.52. The summed E-state index contributed by atoms with van der Waals surface area (Å²) in [6.07, 6.45) is 1.64. The number of carboxylic acid groups (broad SMARTS) is 1. The highest BCUT2D eigenvalue weighted by atomic mass is 16.4. The van der Waals surface area contributed by atoms with E-state index in [2.05, 4.69) is 5.32 Å². The van der Waals surface area contributed by atoms with Gasteiger partial charge in [-0.15, -0.1) is 0 Å². The number of aliphatic carboxylic acids is 1. The monoisotopic (exact) mass is 347 g/mol. The van der Waals surface area contributed by atoms with Crippen molar-refractivity contribution in [3.8, 4) is 0 Å². The van der Waals surface area contributed by atoms with E-state index >= 15 is 0 Å². The van der Waals surface area contributed by atoms with Crippen molar-refractivity contribution in [3.63, 3.8) is 0 Å². The van der Waals surface area contributed by atoms with Gasteiger partial charge in [-0.3, -0.25) is 4.79 Å². The summed E-state index contributed by atoms with van der Waals surface area (Å²) in [7, 11) is 0. The number of nitrogens with one attached hydrogen (secondary N) is 1. The fraction of sp³-hybridized carbons (Fsp3) is 0.611. The van der Waals surface area contributed by atoms with Gasteiger partial charge in [-0.25, -0.2) is 9.59 Å². The third kappa shape index (κ3) is 3.41. The van der Waals surface area contributed by atoms with Gasteiger partial charge in [0.2, 0.25) is 0 Å². The van der Waals surface area contributed by atoms with E-state index < -0.39 is 12.0 Å². The van der Waals surface area contributed by atoms with Crippen LogP contribution in [0.4, 0.5) is 4.79 Å². The lowest BCUT2D eigenvalue weighted by atomic mass is 9.83. The summed E-state index contributed by atoms with van der Waals surface area (Å²) in [5, 5.41) is 12.1. The molecular weight excluding hydrogens is 322 g/mol. The van der Waals surface area contributed by atoms with Gasteiger partial charge < -0.3 is 19.9 Å². The molecule has 1 aromatic rings. The number of amides is 2. The molecule has 0 saturated carbocycles. The topological polar surface area (TPSA) is 91.6 Å². The fourth-order valence-electron chi connectivity index (χ4n) is 3.97. The summed E-state index contributed by atoms with van der Waals surface area (Å²) in [6.45, 7) is 5.41. The second kappa shape index (κ2) is 6.90. The molecule has 0 aromatic carbocycles. The SMILES string of the molecule is CC[C@@H](C)[C@H](NC(=O)N1C[C@@H]2C[C@@H](C1)c1cccc(=O)n1C2)C(=O)O. The van der Waals surface area contributed by atoms with Gasteiger partial charge in [0.15, 0.2) is 0 Å². The first-order chi connectivity index (χ1) is 11.9. The minimum absolute atomic E-state index is 0.00723. The molecule has 7 heteroatoms. The van der Waals surface area contributed by atoms with Crippen molar-refractivity contribution >= 4 is 12.0 Å². The highest BCUT2D eigenvalue weighted by Gasteiger charge is 2.37. The summed E-state index contributed by atoms with van der Waals surface area (Å²) in [5.41, 5.74) is 0.978. The quantitative estimate of drug-likeness (QED) is 0.863. The molecule has 2 N–H and O–H groups in total. The molecule has 7 nitrogen and oxygen atoms in total. The number of carbonyl (C=O) groups is 2. The summed E-state index contributed by atoms with van der Waals surface area (Å²) in [4.78, 5) is 37.8. The molecule has 3 heterocycles. The van der Waals surface area contributed by atoms with Gasteiger partial charge in [0.05, 0.1) is 0 Å². The van der Waals surface area contributed by atoms with Crippen LogP contribution in [0.3, 0.4) is 0 Å². The normalized spacial score (nSPS) is 24.2. The Kier molecular flexibility index (Phi) is 4.83. The number of likely N-dealkylation sites (tertiary alicyclic amines) is 1. The zero-order valence-corrected chi connectivity index (χ0v) is 14.6. The Balaban J connectivity index is 1.75. The highest BCUT2D eigenvalue weighted by molar-refractivity contribution is 5.83. The second-order valence-electron chi connectivity index (χ2n) is 7.25. The van der Waals surface area contributed by atoms with E-state index in [-0.39, 0.29) is 29.3 Å². The molecule has 1 fully saturated rings. The fourth-order valence-corrected chi connectivity index (χ4v) is 3.97. The van der Waals surface area contributed by atoms with Crippen molar-refractivity contribution < 1.29 is 14.7 Å². The van der Waals surface area contributed by atoms with Gasteiger partial charge in [-0.2, -0.15) is 0 Å². The molecule has 0 spiro atoms. The maximum Gasteiger partial charge on any atom is 0.326 e. The van der Waals surface area contributed by atoms with E-state index in [1.54, 1.807) is 17.0 Å². The lowest BCUT2D eigenvalue weighted by Crippen LogP contribution is -2.55. The molecule has 136 valence electrons. The number of nitrogens with zero attached hydrogens (tertiary/aromatic N) is 2. The maximum atomic E-state index is 12.6. The predicted molar refractivity (Wildman–Crippen MR) is 92.5 cm³/mol. The molecular formula is C18H25N3O4. The zero-order valence-electron chi connectivity index (χ0n) is 14.6. The number of rotatable bonds is 4. The first kappa shape index (κ1) is 17.5. The lowest BCUT2D eigenvalue weighted by molar-refractivity contribution is -0.140. The standard InChI is InChI=1S/C18H25N3O4/c1-3-11(2)16(17(23)24)19-18(25)20-8-12-7-13(10-20)14-5-4-6-15(22)21(14)9-12/h4-6,11-13,16H,3,7-10H2,1-2H3,(H,19,25)(H,23,24)/t11-,12+,13+,16+/m1/s1. The van der Waals surface area contributed by atoms with Gasteiger partial charge in [0, 0.05) is 37.3 Å². The third-order valence-corrected chi connectivity index (χ3v) is 5.52. The molecule has 4 atom stereocenters. The molecule has 3 rings (SSSR count). The van der Waals surface area contributed by atoms with Crippen LogP contribution in [0.15, 0.2) is 23.0 Å². The van der Waals surface area contributed by atoms with Crippen LogP contribution in [0.25, 0.3) is 0 Å². The number of fused-ring (bicyclic) bond motifs is 4. The van der Waals surface area contributed by atoms with Gasteiger partial charge in [0.1, 0.15) is 6.04 Å². The molecule has 1 aromatic heterocycles. The van der Waals surface area contributed by atoms with Crippen molar-refractivity contribution in [3.05, 3.63) is 34.2 Å². The smallest absolute Gasteiger partial charge is 0.326 e. The number of carbonyl (C=O) groups excluding carboxylic acids is 1. The van der Waals surface area contributed by atoms with E-state index in [0.29, 0.717) is 26.1 Å². The molecule has 2 aliphatic heterocycles. The van der Waals surface area contributed by atoms with Gasteiger partial charge in [0.25, 0.3) is 5.56 Å². The summed E-state index contributed by atoms with van der Waals surface area (Å²) in [6, 6.07) is 4.07. The van der Waals surface area contributed by atoms with Gasteiger partial charge in [-0.1, -0.05) is 26.3 Å². The first-order valence-corrected chi connectivity index (χ1v) is 8.88. The van der Waals surface area contributed by atoms with Crippen molar-refractivity contribution in [2.45, 2.75) is 45.2 Å². The average molecular weight is 347 g/mol. The van der Waals surface area contributed by atoms with Crippen molar-refractivity contribution in [1.29, 1.82) is 0 Å². The number of pyridine rings is 1. The Morgan fingerprint density at radius 1 is 1.32 bits per heavy atom. The molecule has 0 radical (unpaired) electrons. The summed E-state index contributed by atoms with van der Waals surface area (Å²) in [5.74, 6) is -0.787. The van der Waals surface area contributed by atoms with E-state index in [1.807, 2.05) is 24.5 Å². The van der Waals surface area contributed by atoms with Crippen LogP contribution >= 0.6 is 0 Å². The number of hydrogen-bond acceptors (Lipinski definition) is 3. The first-order valence-electron chi connectivity index (χ1n) is 8.88. The van der Waals surface area contributed by atoms with Crippen molar-refractivity contribution in [1.82, 2.24) is 14.8 Å². The summed E-state index contributed by atoms with van der Waals surface area (Å²) >= 11 is 0. The maximum absolute atomic E-state index is 12.6. The van der Waals surface area contributed by atoms with Crippen molar-refractivity contribution in [2.24, 2.45) is 11.8 Å².